The minimum absolute atomic E-state index is 0.0278. The van der Waals surface area contributed by atoms with E-state index in [1.54, 1.807) is 12.1 Å². The Morgan fingerprint density at radius 3 is 2.47 bits per heavy atom. The Morgan fingerprint density at radius 1 is 1.00 bits per heavy atom. The largest absolute Gasteiger partial charge is 0.482 e. The summed E-state index contributed by atoms with van der Waals surface area (Å²) in [5.74, 6) is -0.847. The quantitative estimate of drug-likeness (QED) is 0.546. The van der Waals surface area contributed by atoms with Gasteiger partial charge in [0.05, 0.1) is 9.92 Å². The number of halogens is 2. The molecule has 0 unspecified atom stereocenters. The highest BCUT2D eigenvalue weighted by atomic mass is 35.5. The van der Waals surface area contributed by atoms with Crippen LogP contribution >= 0.6 is 11.6 Å². The van der Waals surface area contributed by atoms with Crippen LogP contribution < -0.4 is 14.8 Å². The summed E-state index contributed by atoms with van der Waals surface area (Å²) in [5.41, 5.74) is 1.11. The van der Waals surface area contributed by atoms with E-state index in [1.807, 2.05) is 18.2 Å². The van der Waals surface area contributed by atoms with Gasteiger partial charge >= 0.3 is 0 Å². The molecule has 3 aromatic carbocycles. The zero-order valence-corrected chi connectivity index (χ0v) is 17.2. The van der Waals surface area contributed by atoms with Crippen molar-refractivity contribution in [2.75, 3.05) is 11.9 Å². The number of nitrogens with one attached hydrogen (secondary N) is 2. The summed E-state index contributed by atoms with van der Waals surface area (Å²) in [6.07, 6.45) is 0. The van der Waals surface area contributed by atoms with Gasteiger partial charge in [0.1, 0.15) is 11.6 Å². The van der Waals surface area contributed by atoms with Gasteiger partial charge in [-0.15, -0.1) is 0 Å². The van der Waals surface area contributed by atoms with E-state index >= 15 is 0 Å². The average Bonchev–Trinajstić information content (AvgIpc) is 2.72. The number of hydrogen-bond acceptors (Lipinski definition) is 4. The van der Waals surface area contributed by atoms with Crippen molar-refractivity contribution in [2.45, 2.75) is 11.4 Å². The number of ether oxygens (including phenoxy) is 1. The molecule has 9 heteroatoms. The third kappa shape index (κ3) is 6.03. The second-order valence-electron chi connectivity index (χ2n) is 6.25. The first-order valence-electron chi connectivity index (χ1n) is 8.85. The highest BCUT2D eigenvalue weighted by molar-refractivity contribution is 7.89. The fourth-order valence-corrected chi connectivity index (χ4v) is 3.87. The van der Waals surface area contributed by atoms with Gasteiger partial charge in [-0.2, -0.15) is 0 Å². The maximum Gasteiger partial charge on any atom is 0.262 e. The van der Waals surface area contributed by atoms with E-state index in [2.05, 4.69) is 10.0 Å². The summed E-state index contributed by atoms with van der Waals surface area (Å²) in [5, 5.41) is 2.53. The fourth-order valence-electron chi connectivity index (χ4n) is 2.53. The lowest BCUT2D eigenvalue weighted by Gasteiger charge is -2.11. The lowest BCUT2D eigenvalue weighted by molar-refractivity contribution is -0.118. The van der Waals surface area contributed by atoms with Crippen LogP contribution in [0.5, 0.6) is 5.75 Å². The molecular weight excluding hydrogens is 431 g/mol. The van der Waals surface area contributed by atoms with Gasteiger partial charge < -0.3 is 10.1 Å². The van der Waals surface area contributed by atoms with Crippen molar-refractivity contribution in [3.05, 3.63) is 89.2 Å². The Morgan fingerprint density at radius 2 is 1.77 bits per heavy atom. The number of carbonyl (C=O) groups excluding carboxylic acids is 1. The molecule has 156 valence electrons. The van der Waals surface area contributed by atoms with Gasteiger partial charge in [-0.05, 0) is 42.0 Å². The van der Waals surface area contributed by atoms with Crippen LogP contribution in [-0.2, 0) is 21.4 Å². The predicted molar refractivity (Wildman–Crippen MR) is 112 cm³/mol. The van der Waals surface area contributed by atoms with E-state index in [-0.39, 0.29) is 28.8 Å². The van der Waals surface area contributed by atoms with Gasteiger partial charge in [0.25, 0.3) is 5.91 Å². The topological polar surface area (TPSA) is 84.5 Å². The number of carbonyl (C=O) groups is 1. The molecule has 0 fully saturated rings. The Kier molecular flexibility index (Phi) is 7.04. The highest BCUT2D eigenvalue weighted by Gasteiger charge is 2.16. The standard InChI is InChI=1S/C21H18ClFN2O4S/c22-19-12-18(30(27,28)24-13-15-5-2-1-3-6-15)9-10-20(19)29-14-21(26)25-17-8-4-7-16(23)11-17/h1-12,24H,13-14H2,(H,25,26). The minimum Gasteiger partial charge on any atom is -0.482 e. The molecule has 0 aliphatic rings. The molecule has 30 heavy (non-hydrogen) atoms. The molecule has 3 rings (SSSR count). The molecule has 2 N–H and O–H groups in total. The SMILES string of the molecule is O=C(COc1ccc(S(=O)(=O)NCc2ccccc2)cc1Cl)Nc1cccc(F)c1. The molecule has 6 nitrogen and oxygen atoms in total. The van der Waals surface area contributed by atoms with Crippen molar-refractivity contribution in [3.8, 4) is 5.75 Å². The normalized spacial score (nSPS) is 11.1. The second kappa shape index (κ2) is 9.71. The molecule has 0 saturated carbocycles. The van der Waals surface area contributed by atoms with Gasteiger partial charge in [-0.1, -0.05) is 48.0 Å². The molecule has 0 radical (unpaired) electrons. The smallest absolute Gasteiger partial charge is 0.262 e. The summed E-state index contributed by atoms with van der Waals surface area (Å²) in [6, 6.07) is 18.5. The molecular formula is C21H18ClFN2O4S. The Hall–Kier alpha value is -2.94. The average molecular weight is 449 g/mol. The summed E-state index contributed by atoms with van der Waals surface area (Å²) < 4.78 is 45.9. The van der Waals surface area contributed by atoms with Gasteiger partial charge in [-0.3, -0.25) is 4.79 Å². The van der Waals surface area contributed by atoms with Gasteiger partial charge in [0.2, 0.25) is 10.0 Å². The first-order valence-corrected chi connectivity index (χ1v) is 10.7. The Labute approximate surface area is 178 Å². The highest BCUT2D eigenvalue weighted by Crippen LogP contribution is 2.27. The molecule has 0 heterocycles. The van der Waals surface area contributed by atoms with E-state index in [0.29, 0.717) is 5.69 Å². The van der Waals surface area contributed by atoms with E-state index in [0.717, 1.165) is 5.56 Å². The Balaban J connectivity index is 1.59. The zero-order chi connectivity index (χ0) is 21.6. The van der Waals surface area contributed by atoms with Gasteiger partial charge in [-0.25, -0.2) is 17.5 Å². The molecule has 0 bridgehead atoms. The lowest BCUT2D eigenvalue weighted by atomic mass is 10.2. The van der Waals surface area contributed by atoms with Crippen molar-refractivity contribution >= 4 is 33.2 Å². The van der Waals surface area contributed by atoms with E-state index in [4.69, 9.17) is 16.3 Å². The maximum atomic E-state index is 13.2. The summed E-state index contributed by atoms with van der Waals surface area (Å²) >= 11 is 6.12. The number of benzene rings is 3. The second-order valence-corrected chi connectivity index (χ2v) is 8.42. The van der Waals surface area contributed by atoms with Gasteiger partial charge in [0.15, 0.2) is 6.61 Å². The molecule has 0 aliphatic carbocycles. The third-order valence-electron chi connectivity index (χ3n) is 3.99. The first kappa shape index (κ1) is 21.8. The van der Waals surface area contributed by atoms with Crippen LogP contribution in [0.1, 0.15) is 5.56 Å². The molecule has 0 spiro atoms. The minimum atomic E-state index is -3.78. The van der Waals surface area contributed by atoms with Crippen LogP contribution in [0.15, 0.2) is 77.7 Å². The van der Waals surface area contributed by atoms with Crippen LogP contribution in [0, 0.1) is 5.82 Å². The monoisotopic (exact) mass is 448 g/mol. The molecule has 0 atom stereocenters. The van der Waals surface area contributed by atoms with Crippen molar-refractivity contribution in [3.63, 3.8) is 0 Å². The van der Waals surface area contributed by atoms with E-state index in [9.17, 15) is 17.6 Å². The number of amides is 1. The summed E-state index contributed by atoms with van der Waals surface area (Å²) in [6.45, 7) is -0.242. The summed E-state index contributed by atoms with van der Waals surface area (Å²) in [7, 11) is -3.78. The van der Waals surface area contributed by atoms with Crippen LogP contribution in [0.25, 0.3) is 0 Å². The van der Waals surface area contributed by atoms with Gasteiger partial charge in [0, 0.05) is 12.2 Å². The van der Waals surface area contributed by atoms with Crippen molar-refractivity contribution in [1.82, 2.24) is 4.72 Å². The molecule has 3 aromatic rings. The van der Waals surface area contributed by atoms with Crippen LogP contribution in [-0.4, -0.2) is 20.9 Å². The maximum absolute atomic E-state index is 13.2. The van der Waals surface area contributed by atoms with Crippen molar-refractivity contribution in [1.29, 1.82) is 0 Å². The predicted octanol–water partition coefficient (Wildman–Crippen LogP) is 3.98. The zero-order valence-electron chi connectivity index (χ0n) is 15.6. The number of anilines is 1. The van der Waals surface area contributed by atoms with E-state index < -0.39 is 21.7 Å². The summed E-state index contributed by atoms with van der Waals surface area (Å²) in [4.78, 5) is 11.9. The van der Waals surface area contributed by atoms with E-state index in [1.165, 1.54) is 42.5 Å². The molecule has 0 saturated heterocycles. The van der Waals surface area contributed by atoms with Crippen LogP contribution in [0.2, 0.25) is 5.02 Å². The molecule has 1 amide bonds. The number of sulfonamides is 1. The third-order valence-corrected chi connectivity index (χ3v) is 5.68. The van der Waals surface area contributed by atoms with Crippen molar-refractivity contribution < 1.29 is 22.3 Å². The number of rotatable bonds is 8. The molecule has 0 aromatic heterocycles. The lowest BCUT2D eigenvalue weighted by Crippen LogP contribution is -2.23. The number of hydrogen-bond donors (Lipinski definition) is 2. The van der Waals surface area contributed by atoms with Crippen LogP contribution in [0.4, 0.5) is 10.1 Å². The van der Waals surface area contributed by atoms with Crippen molar-refractivity contribution in [2.24, 2.45) is 0 Å². The Bertz CT molecular complexity index is 1140. The van der Waals surface area contributed by atoms with Crippen LogP contribution in [0.3, 0.4) is 0 Å². The fraction of sp³-hybridized carbons (Fsp3) is 0.0952. The first-order chi connectivity index (χ1) is 14.3. The molecule has 0 aliphatic heterocycles.